The number of para-hydroxylation sites is 1. The smallest absolute Gasteiger partial charge is 0.164 e. The first-order chi connectivity index (χ1) is 27.8. The van der Waals surface area contributed by atoms with Crippen LogP contribution in [0.2, 0.25) is 0 Å². The lowest BCUT2D eigenvalue weighted by atomic mass is 10.00. The van der Waals surface area contributed by atoms with Crippen LogP contribution in [0, 0.1) is 0 Å². The summed E-state index contributed by atoms with van der Waals surface area (Å²) in [5, 5.41) is 4.82. The Balaban J connectivity index is 1.12. The second-order valence-corrected chi connectivity index (χ2v) is 14.9. The molecule has 0 radical (unpaired) electrons. The third kappa shape index (κ3) is 5.38. The first kappa shape index (κ1) is 32.2. The molecule has 11 aromatic rings. The maximum absolute atomic E-state index is 5.24. The van der Waals surface area contributed by atoms with Gasteiger partial charge in [-0.1, -0.05) is 146 Å². The lowest BCUT2D eigenvalue weighted by Gasteiger charge is -2.16. The van der Waals surface area contributed by atoms with Crippen LogP contribution in [-0.4, -0.2) is 24.5 Å². The molecule has 0 aliphatic carbocycles. The number of fused-ring (bicyclic) bond motifs is 6. The van der Waals surface area contributed by atoms with E-state index in [-0.39, 0.29) is 0 Å². The molecular weight excluding hydrogens is 703 g/mol. The molecule has 0 bridgehead atoms. The van der Waals surface area contributed by atoms with E-state index in [0.29, 0.717) is 17.5 Å². The number of rotatable bonds is 6. The highest BCUT2D eigenvalue weighted by Crippen LogP contribution is 2.41. The van der Waals surface area contributed by atoms with Gasteiger partial charge in [-0.15, -0.1) is 11.3 Å². The normalized spacial score (nSPS) is 11.6. The van der Waals surface area contributed by atoms with Crippen LogP contribution in [0.4, 0.5) is 0 Å². The minimum atomic E-state index is 0.598. The van der Waals surface area contributed by atoms with Gasteiger partial charge < -0.3 is 0 Å². The average molecular weight is 734 g/mol. The largest absolute Gasteiger partial charge is 0.293 e. The molecule has 0 amide bonds. The van der Waals surface area contributed by atoms with Gasteiger partial charge in [-0.2, -0.15) is 0 Å². The van der Waals surface area contributed by atoms with Gasteiger partial charge in [-0.25, -0.2) is 19.9 Å². The molecule has 0 aliphatic rings. The topological polar surface area (TPSA) is 56.5 Å². The van der Waals surface area contributed by atoms with Crippen LogP contribution in [0.25, 0.3) is 104 Å². The summed E-state index contributed by atoms with van der Waals surface area (Å²) in [6.07, 6.45) is 1.86. The Bertz CT molecular complexity index is 3200. The van der Waals surface area contributed by atoms with Crippen molar-refractivity contribution in [2.24, 2.45) is 0 Å². The second-order valence-electron chi connectivity index (χ2n) is 13.9. The Morgan fingerprint density at radius 2 is 1.00 bits per heavy atom. The zero-order valence-electron chi connectivity index (χ0n) is 30.0. The molecule has 0 saturated carbocycles. The summed E-state index contributed by atoms with van der Waals surface area (Å²) in [4.78, 5) is 20.4. The summed E-state index contributed by atoms with van der Waals surface area (Å²) in [7, 11) is 0. The van der Waals surface area contributed by atoms with Crippen molar-refractivity contribution in [3.05, 3.63) is 188 Å². The molecule has 0 atom stereocenters. The quantitative estimate of drug-likeness (QED) is 0.171. The van der Waals surface area contributed by atoms with Crippen molar-refractivity contribution in [1.29, 1.82) is 0 Å². The Morgan fingerprint density at radius 1 is 0.393 bits per heavy atom. The Kier molecular flexibility index (Phi) is 7.60. The van der Waals surface area contributed by atoms with Gasteiger partial charge in [0.25, 0.3) is 0 Å². The van der Waals surface area contributed by atoms with Gasteiger partial charge in [0.05, 0.1) is 11.2 Å². The predicted octanol–water partition coefficient (Wildman–Crippen LogP) is 13.1. The molecule has 11 rings (SSSR count). The van der Waals surface area contributed by atoms with Gasteiger partial charge in [-0.05, 0) is 53.1 Å². The van der Waals surface area contributed by atoms with Gasteiger partial charge in [0.1, 0.15) is 5.65 Å². The van der Waals surface area contributed by atoms with Crippen LogP contribution in [0.5, 0.6) is 0 Å². The fourth-order valence-electron chi connectivity index (χ4n) is 7.91. The standard InChI is InChI=1S/C50H31N5S/c1-3-14-32(15-4-1)37-28-27-36(31-44(37)55-43-25-9-7-20-39(43)42-24-13-29-51-50(42)55)49-53-47(33-16-5-2-6-17-33)52-48(54-49)35-19-11-18-34(30-35)38-22-12-23-41-40-21-8-10-26-45(40)56-46(38)41/h1-31H. The Hall–Kier alpha value is -7.28. The summed E-state index contributed by atoms with van der Waals surface area (Å²) in [6, 6.07) is 63.6. The van der Waals surface area contributed by atoms with Crippen LogP contribution >= 0.6 is 11.3 Å². The van der Waals surface area contributed by atoms with Gasteiger partial charge in [0.15, 0.2) is 17.5 Å². The van der Waals surface area contributed by atoms with E-state index in [1.165, 1.54) is 25.7 Å². The first-order valence-corrected chi connectivity index (χ1v) is 19.5. The number of hydrogen-bond donors (Lipinski definition) is 0. The van der Waals surface area contributed by atoms with Gasteiger partial charge in [0, 0.05) is 59.4 Å². The number of nitrogens with zero attached hydrogens (tertiary/aromatic N) is 5. The molecular formula is C50H31N5S. The van der Waals surface area contributed by atoms with Crippen molar-refractivity contribution >= 4 is 53.4 Å². The van der Waals surface area contributed by atoms with Crippen molar-refractivity contribution in [3.8, 4) is 62.1 Å². The molecule has 0 N–H and O–H groups in total. The summed E-state index contributed by atoms with van der Waals surface area (Å²) in [5.41, 5.74) is 10.2. The Morgan fingerprint density at radius 3 is 1.82 bits per heavy atom. The average Bonchev–Trinajstić information content (AvgIpc) is 3.83. The summed E-state index contributed by atoms with van der Waals surface area (Å²) in [6.45, 7) is 0. The van der Waals surface area contributed by atoms with Crippen molar-refractivity contribution in [1.82, 2.24) is 24.5 Å². The minimum absolute atomic E-state index is 0.598. The fraction of sp³-hybridized carbons (Fsp3) is 0. The zero-order valence-corrected chi connectivity index (χ0v) is 30.9. The summed E-state index contributed by atoms with van der Waals surface area (Å²) < 4.78 is 4.84. The fourth-order valence-corrected chi connectivity index (χ4v) is 9.15. The molecule has 0 saturated heterocycles. The highest BCUT2D eigenvalue weighted by molar-refractivity contribution is 7.26. The van der Waals surface area contributed by atoms with Crippen molar-refractivity contribution in [2.75, 3.05) is 0 Å². The third-order valence-corrected chi connectivity index (χ3v) is 11.7. The monoisotopic (exact) mass is 733 g/mol. The van der Waals surface area contributed by atoms with Crippen LogP contribution < -0.4 is 0 Å². The highest BCUT2D eigenvalue weighted by atomic mass is 32.1. The number of thiophene rings is 1. The molecule has 0 unspecified atom stereocenters. The van der Waals surface area contributed by atoms with Gasteiger partial charge >= 0.3 is 0 Å². The van der Waals surface area contributed by atoms with E-state index < -0.39 is 0 Å². The first-order valence-electron chi connectivity index (χ1n) is 18.6. The molecule has 4 heterocycles. The molecule has 0 aliphatic heterocycles. The molecule has 262 valence electrons. The van der Waals surface area contributed by atoms with E-state index in [1.54, 1.807) is 0 Å². The van der Waals surface area contributed by atoms with Crippen molar-refractivity contribution in [2.45, 2.75) is 0 Å². The summed E-state index contributed by atoms with van der Waals surface area (Å²) in [5.74, 6) is 1.83. The van der Waals surface area contributed by atoms with E-state index in [1.807, 2.05) is 41.8 Å². The van der Waals surface area contributed by atoms with Gasteiger partial charge in [0.2, 0.25) is 0 Å². The van der Waals surface area contributed by atoms with E-state index in [0.717, 1.165) is 61.0 Å². The van der Waals surface area contributed by atoms with E-state index in [2.05, 4.69) is 162 Å². The van der Waals surface area contributed by atoms with Crippen LogP contribution in [0.3, 0.4) is 0 Å². The van der Waals surface area contributed by atoms with E-state index in [4.69, 9.17) is 19.9 Å². The lowest BCUT2D eigenvalue weighted by molar-refractivity contribution is 1.07. The lowest BCUT2D eigenvalue weighted by Crippen LogP contribution is -2.02. The van der Waals surface area contributed by atoms with E-state index in [9.17, 15) is 0 Å². The van der Waals surface area contributed by atoms with Crippen molar-refractivity contribution < 1.29 is 0 Å². The molecule has 5 nitrogen and oxygen atoms in total. The van der Waals surface area contributed by atoms with Crippen LogP contribution in [0.15, 0.2) is 188 Å². The maximum atomic E-state index is 5.24. The number of benzene rings is 7. The van der Waals surface area contributed by atoms with Gasteiger partial charge in [-0.3, -0.25) is 4.57 Å². The Labute approximate surface area is 326 Å². The van der Waals surface area contributed by atoms with Crippen molar-refractivity contribution in [3.63, 3.8) is 0 Å². The zero-order chi connectivity index (χ0) is 37.0. The van der Waals surface area contributed by atoms with Crippen LogP contribution in [-0.2, 0) is 0 Å². The molecule has 0 spiro atoms. The second kappa shape index (κ2) is 13.2. The summed E-state index contributed by atoms with van der Waals surface area (Å²) >= 11 is 1.84. The number of aromatic nitrogens is 5. The molecule has 56 heavy (non-hydrogen) atoms. The SMILES string of the molecule is c1ccc(-c2nc(-c3cccc(-c4cccc5c4sc4ccccc45)c3)nc(-c3ccc(-c4ccccc4)c(-n4c5ccccc5c5cccnc54)c3)n2)cc1. The molecule has 6 heteroatoms. The predicted molar refractivity (Wildman–Crippen MR) is 232 cm³/mol. The molecule has 0 fully saturated rings. The highest BCUT2D eigenvalue weighted by Gasteiger charge is 2.20. The van der Waals surface area contributed by atoms with Crippen LogP contribution in [0.1, 0.15) is 0 Å². The number of pyridine rings is 1. The third-order valence-electron chi connectivity index (χ3n) is 10.5. The molecule has 4 aromatic heterocycles. The van der Waals surface area contributed by atoms with E-state index >= 15 is 0 Å². The maximum Gasteiger partial charge on any atom is 0.164 e. The molecule has 7 aromatic carbocycles. The minimum Gasteiger partial charge on any atom is -0.293 e. The number of hydrogen-bond acceptors (Lipinski definition) is 5.